The van der Waals surface area contributed by atoms with Crippen LogP contribution in [0.25, 0.3) is 0 Å². The van der Waals surface area contributed by atoms with E-state index in [0.29, 0.717) is 5.56 Å². The number of pyridine rings is 1. The van der Waals surface area contributed by atoms with Crippen molar-refractivity contribution >= 4 is 44.6 Å². The van der Waals surface area contributed by atoms with Gasteiger partial charge in [0.2, 0.25) is 0 Å². The highest BCUT2D eigenvalue weighted by atomic mass is 35.5. The molecule has 2 rings (SSSR count). The number of rotatable bonds is 3. The minimum Gasteiger partial charge on any atom is -0.396 e. The minimum absolute atomic E-state index is 0.0846. The second kappa shape index (κ2) is 5.67. The van der Waals surface area contributed by atoms with E-state index >= 15 is 0 Å². The third kappa shape index (κ3) is 3.37. The zero-order valence-electron chi connectivity index (χ0n) is 10.7. The number of nitrogens with two attached hydrogens (primary N) is 1. The van der Waals surface area contributed by atoms with Gasteiger partial charge in [-0.1, -0.05) is 23.2 Å². The Morgan fingerprint density at radius 1 is 1.29 bits per heavy atom. The number of sulfonamides is 1. The highest BCUT2D eigenvalue weighted by Crippen LogP contribution is 2.29. The number of aromatic nitrogens is 1. The van der Waals surface area contributed by atoms with Crippen LogP contribution in [0.5, 0.6) is 0 Å². The molecule has 0 saturated heterocycles. The second-order valence-electron chi connectivity index (χ2n) is 4.22. The van der Waals surface area contributed by atoms with Crippen molar-refractivity contribution in [2.24, 2.45) is 0 Å². The van der Waals surface area contributed by atoms with Crippen LogP contribution >= 0.6 is 23.2 Å². The van der Waals surface area contributed by atoms with Gasteiger partial charge in [0.05, 0.1) is 16.3 Å². The van der Waals surface area contributed by atoms with Gasteiger partial charge in [-0.25, -0.2) is 17.8 Å². The summed E-state index contributed by atoms with van der Waals surface area (Å²) in [7, 11) is -3.97. The Hall–Kier alpha value is -1.57. The Kier molecular flexibility index (Phi) is 4.27. The fourth-order valence-electron chi connectivity index (χ4n) is 1.60. The molecule has 0 aliphatic carbocycles. The molecule has 2 aromatic rings. The summed E-state index contributed by atoms with van der Waals surface area (Å²) in [4.78, 5) is 3.58. The Labute approximate surface area is 130 Å². The summed E-state index contributed by atoms with van der Waals surface area (Å²) < 4.78 is 39.9. The maximum atomic E-state index is 13.1. The molecule has 0 radical (unpaired) electrons. The standard InChI is InChI=1S/C12H10Cl2FN3O2S/c1-6-4-10(13)17-12(14)11(6)18-21(19,20)7-2-3-8(15)9(16)5-7/h2-5,18H,16H2,1H3. The SMILES string of the molecule is Cc1cc(Cl)nc(Cl)c1NS(=O)(=O)c1ccc(F)c(N)c1. The zero-order chi connectivity index (χ0) is 15.8. The summed E-state index contributed by atoms with van der Waals surface area (Å²) in [6, 6.07) is 4.55. The van der Waals surface area contributed by atoms with Gasteiger partial charge in [0.15, 0.2) is 5.15 Å². The van der Waals surface area contributed by atoms with E-state index < -0.39 is 15.8 Å². The molecule has 1 heterocycles. The predicted molar refractivity (Wildman–Crippen MR) is 80.6 cm³/mol. The van der Waals surface area contributed by atoms with E-state index in [1.165, 1.54) is 6.07 Å². The van der Waals surface area contributed by atoms with E-state index in [0.717, 1.165) is 18.2 Å². The predicted octanol–water partition coefficient (Wildman–Crippen LogP) is 3.22. The summed E-state index contributed by atoms with van der Waals surface area (Å²) in [6.07, 6.45) is 0. The molecular formula is C12H10Cl2FN3O2S. The third-order valence-corrected chi connectivity index (χ3v) is 4.47. The van der Waals surface area contributed by atoms with Crippen LogP contribution in [-0.2, 0) is 10.0 Å². The molecule has 9 heteroatoms. The molecule has 0 fully saturated rings. The Morgan fingerprint density at radius 2 is 1.95 bits per heavy atom. The quantitative estimate of drug-likeness (QED) is 0.658. The number of anilines is 2. The van der Waals surface area contributed by atoms with E-state index in [4.69, 9.17) is 28.9 Å². The number of nitrogens with one attached hydrogen (secondary N) is 1. The molecule has 0 atom stereocenters. The lowest BCUT2D eigenvalue weighted by Gasteiger charge is -2.12. The van der Waals surface area contributed by atoms with Gasteiger partial charge in [0.25, 0.3) is 10.0 Å². The Bertz CT molecular complexity index is 789. The normalized spacial score (nSPS) is 11.4. The summed E-state index contributed by atoms with van der Waals surface area (Å²) in [5.41, 5.74) is 5.70. The maximum absolute atomic E-state index is 13.1. The first-order chi connectivity index (χ1) is 9.70. The van der Waals surface area contributed by atoms with Gasteiger partial charge in [0, 0.05) is 0 Å². The van der Waals surface area contributed by atoms with Crippen LogP contribution in [-0.4, -0.2) is 13.4 Å². The van der Waals surface area contributed by atoms with Crippen molar-refractivity contribution in [3.8, 4) is 0 Å². The van der Waals surface area contributed by atoms with E-state index in [-0.39, 0.29) is 26.6 Å². The van der Waals surface area contributed by atoms with Crippen LogP contribution in [0.4, 0.5) is 15.8 Å². The molecule has 0 spiro atoms. The molecule has 0 aliphatic rings. The first-order valence-electron chi connectivity index (χ1n) is 5.61. The monoisotopic (exact) mass is 349 g/mol. The number of aryl methyl sites for hydroxylation is 1. The van der Waals surface area contributed by atoms with Crippen LogP contribution in [0.3, 0.4) is 0 Å². The van der Waals surface area contributed by atoms with Gasteiger partial charge in [0.1, 0.15) is 11.0 Å². The van der Waals surface area contributed by atoms with Crippen molar-refractivity contribution in [1.29, 1.82) is 0 Å². The van der Waals surface area contributed by atoms with E-state index in [9.17, 15) is 12.8 Å². The Balaban J connectivity index is 2.44. The molecule has 112 valence electrons. The summed E-state index contributed by atoms with van der Waals surface area (Å²) in [5.74, 6) is -0.698. The lowest BCUT2D eigenvalue weighted by Crippen LogP contribution is -2.15. The van der Waals surface area contributed by atoms with Crippen LogP contribution in [0.1, 0.15) is 5.56 Å². The third-order valence-electron chi connectivity index (χ3n) is 2.66. The number of nitrogen functional groups attached to an aromatic ring is 1. The van der Waals surface area contributed by atoms with Gasteiger partial charge in [-0.3, -0.25) is 4.72 Å². The maximum Gasteiger partial charge on any atom is 0.262 e. The summed E-state index contributed by atoms with van der Waals surface area (Å²) in [5, 5.41) is 0.0603. The molecule has 0 amide bonds. The van der Waals surface area contributed by atoms with Crippen LogP contribution in [0.15, 0.2) is 29.2 Å². The minimum atomic E-state index is -3.97. The van der Waals surface area contributed by atoms with Gasteiger partial charge >= 0.3 is 0 Å². The van der Waals surface area contributed by atoms with Crippen LogP contribution in [0.2, 0.25) is 10.3 Å². The molecule has 0 saturated carbocycles. The van der Waals surface area contributed by atoms with Crippen molar-refractivity contribution < 1.29 is 12.8 Å². The van der Waals surface area contributed by atoms with Crippen molar-refractivity contribution in [2.75, 3.05) is 10.5 Å². The number of nitrogens with zero attached hydrogens (tertiary/aromatic N) is 1. The van der Waals surface area contributed by atoms with Gasteiger partial charge < -0.3 is 5.73 Å². The highest BCUT2D eigenvalue weighted by Gasteiger charge is 2.19. The lowest BCUT2D eigenvalue weighted by molar-refractivity contribution is 0.600. The van der Waals surface area contributed by atoms with Crippen LogP contribution in [0, 0.1) is 12.7 Å². The molecule has 0 bridgehead atoms. The van der Waals surface area contributed by atoms with Gasteiger partial charge in [-0.2, -0.15) is 0 Å². The smallest absolute Gasteiger partial charge is 0.262 e. The van der Waals surface area contributed by atoms with Gasteiger partial charge in [-0.05, 0) is 36.8 Å². The van der Waals surface area contributed by atoms with Crippen LogP contribution < -0.4 is 10.5 Å². The highest BCUT2D eigenvalue weighted by molar-refractivity contribution is 7.92. The number of hydrogen-bond acceptors (Lipinski definition) is 4. The van der Waals surface area contributed by atoms with E-state index in [1.807, 2.05) is 0 Å². The fraction of sp³-hybridized carbons (Fsp3) is 0.0833. The second-order valence-corrected chi connectivity index (χ2v) is 6.64. The van der Waals surface area contributed by atoms with E-state index in [1.54, 1.807) is 6.92 Å². The van der Waals surface area contributed by atoms with Crippen molar-refractivity contribution in [1.82, 2.24) is 4.98 Å². The largest absolute Gasteiger partial charge is 0.396 e. The number of halogens is 3. The average Bonchev–Trinajstić information content (AvgIpc) is 2.37. The molecule has 0 aliphatic heterocycles. The van der Waals surface area contributed by atoms with E-state index in [2.05, 4.69) is 9.71 Å². The molecule has 5 nitrogen and oxygen atoms in total. The summed E-state index contributed by atoms with van der Waals surface area (Å²) in [6.45, 7) is 1.62. The zero-order valence-corrected chi connectivity index (χ0v) is 13.0. The Morgan fingerprint density at radius 3 is 2.52 bits per heavy atom. The number of hydrogen-bond donors (Lipinski definition) is 2. The summed E-state index contributed by atoms with van der Waals surface area (Å²) >= 11 is 11.6. The molecule has 1 aromatic carbocycles. The first-order valence-corrected chi connectivity index (χ1v) is 7.85. The number of benzene rings is 1. The molecule has 21 heavy (non-hydrogen) atoms. The molecule has 1 aromatic heterocycles. The van der Waals surface area contributed by atoms with Crippen molar-refractivity contribution in [3.05, 3.63) is 46.0 Å². The topological polar surface area (TPSA) is 85.1 Å². The van der Waals surface area contributed by atoms with Gasteiger partial charge in [-0.15, -0.1) is 0 Å². The first kappa shape index (κ1) is 15.8. The molecule has 3 N–H and O–H groups in total. The lowest BCUT2D eigenvalue weighted by atomic mass is 10.3. The molecular weight excluding hydrogens is 340 g/mol. The van der Waals surface area contributed by atoms with Crippen molar-refractivity contribution in [3.63, 3.8) is 0 Å². The fourth-order valence-corrected chi connectivity index (χ4v) is 3.41. The van der Waals surface area contributed by atoms with Crippen molar-refractivity contribution in [2.45, 2.75) is 11.8 Å². The molecule has 0 unspecified atom stereocenters. The average molecular weight is 350 g/mol.